The number of amides is 3. The summed E-state index contributed by atoms with van der Waals surface area (Å²) in [6.07, 6.45) is 0.887. The molecular formula is C20H22Br2N2O3. The van der Waals surface area contributed by atoms with Gasteiger partial charge in [-0.25, -0.2) is 0 Å². The lowest BCUT2D eigenvalue weighted by Gasteiger charge is -2.28. The van der Waals surface area contributed by atoms with Crippen molar-refractivity contribution < 1.29 is 14.4 Å². The van der Waals surface area contributed by atoms with Gasteiger partial charge in [0.05, 0.1) is 17.9 Å². The summed E-state index contributed by atoms with van der Waals surface area (Å²) in [5.41, 5.74) is 0.983. The van der Waals surface area contributed by atoms with Crippen molar-refractivity contribution in [2.24, 2.45) is 23.7 Å². The van der Waals surface area contributed by atoms with E-state index in [1.807, 2.05) is 37.3 Å². The molecule has 1 aliphatic heterocycles. The third-order valence-corrected chi connectivity index (χ3v) is 9.65. The summed E-state index contributed by atoms with van der Waals surface area (Å²) in [4.78, 5) is 40.4. The van der Waals surface area contributed by atoms with E-state index in [1.165, 1.54) is 4.90 Å². The van der Waals surface area contributed by atoms with Crippen LogP contribution in [0.1, 0.15) is 31.9 Å². The summed E-state index contributed by atoms with van der Waals surface area (Å²) < 4.78 is 0. The molecule has 1 heterocycles. The summed E-state index contributed by atoms with van der Waals surface area (Å²) in [7, 11) is 0. The zero-order valence-electron chi connectivity index (χ0n) is 15.1. The Morgan fingerprint density at radius 1 is 1.04 bits per heavy atom. The van der Waals surface area contributed by atoms with Crippen LogP contribution in [0.25, 0.3) is 0 Å². The molecule has 0 spiro atoms. The maximum absolute atomic E-state index is 13.0. The molecule has 0 unspecified atom stereocenters. The van der Waals surface area contributed by atoms with Gasteiger partial charge in [-0.1, -0.05) is 62.2 Å². The zero-order valence-corrected chi connectivity index (χ0v) is 18.3. The average Bonchev–Trinajstić information content (AvgIpc) is 3.26. The van der Waals surface area contributed by atoms with Crippen molar-refractivity contribution in [3.8, 4) is 0 Å². The largest absolute Gasteiger partial charge is 0.348 e. The standard InChI is InChI=1S/C20H22Br2N2O3/c1-9(11-6-4-3-5-7-11)23-18(25)10(2)24-19(26)14-12-8-13(15(14)20(24)27)17(22)16(12)21/h3-7,9-10,12-17H,8H2,1-2H3,(H,23,25)/t9-,10-,12+,13+,14-,15+,16-,17+/m0/s1. The number of hydrogen-bond donors (Lipinski definition) is 1. The molecule has 1 saturated heterocycles. The SMILES string of the molecule is C[C@H](NC(=O)[C@H](C)N1C(=O)[C@@H]2[C@H]3C[C@@H]([C@H](Br)[C@@H]3Br)[C@@H]2C1=O)c1ccccc1. The normalized spacial score (nSPS) is 36.7. The molecule has 7 heteroatoms. The molecule has 5 nitrogen and oxygen atoms in total. The van der Waals surface area contributed by atoms with E-state index < -0.39 is 6.04 Å². The molecule has 3 aliphatic rings. The van der Waals surface area contributed by atoms with Gasteiger partial charge in [0, 0.05) is 9.65 Å². The fourth-order valence-corrected chi connectivity index (χ4v) is 6.90. The van der Waals surface area contributed by atoms with Crippen molar-refractivity contribution in [2.75, 3.05) is 0 Å². The molecule has 3 fully saturated rings. The van der Waals surface area contributed by atoms with E-state index in [2.05, 4.69) is 37.2 Å². The lowest BCUT2D eigenvalue weighted by Crippen LogP contribution is -2.49. The Morgan fingerprint density at radius 3 is 2.07 bits per heavy atom. The number of nitrogens with zero attached hydrogens (tertiary/aromatic N) is 1. The van der Waals surface area contributed by atoms with Gasteiger partial charge in [0.15, 0.2) is 0 Å². The van der Waals surface area contributed by atoms with Crippen LogP contribution in [0.2, 0.25) is 0 Å². The number of imide groups is 1. The summed E-state index contributed by atoms with van der Waals surface area (Å²) >= 11 is 7.36. The number of nitrogens with one attached hydrogen (secondary N) is 1. The number of likely N-dealkylation sites (tertiary alicyclic amines) is 1. The van der Waals surface area contributed by atoms with Crippen molar-refractivity contribution >= 4 is 49.6 Å². The Labute approximate surface area is 175 Å². The van der Waals surface area contributed by atoms with E-state index in [0.29, 0.717) is 0 Å². The maximum atomic E-state index is 13.0. The van der Waals surface area contributed by atoms with Gasteiger partial charge in [0.2, 0.25) is 17.7 Å². The van der Waals surface area contributed by atoms with Crippen molar-refractivity contribution in [3.63, 3.8) is 0 Å². The first kappa shape index (κ1) is 19.1. The number of carbonyl (C=O) groups excluding carboxylic acids is 3. The number of fused-ring (bicyclic) bond motifs is 5. The second-order valence-electron chi connectivity index (χ2n) is 7.87. The van der Waals surface area contributed by atoms with Gasteiger partial charge in [-0.15, -0.1) is 0 Å². The molecule has 0 aromatic heterocycles. The highest BCUT2D eigenvalue weighted by molar-refractivity contribution is 9.12. The van der Waals surface area contributed by atoms with E-state index in [-0.39, 0.29) is 57.1 Å². The number of rotatable bonds is 4. The number of alkyl halides is 2. The minimum atomic E-state index is -0.802. The Bertz CT molecular complexity index is 755. The Kier molecular flexibility index (Phi) is 4.95. The molecular weight excluding hydrogens is 476 g/mol. The minimum Gasteiger partial charge on any atom is -0.348 e. The second kappa shape index (κ2) is 6.99. The highest BCUT2D eigenvalue weighted by Gasteiger charge is 2.67. The fourth-order valence-electron chi connectivity index (χ4n) is 5.03. The highest BCUT2D eigenvalue weighted by atomic mass is 79.9. The first-order valence-corrected chi connectivity index (χ1v) is 11.2. The fraction of sp³-hybridized carbons (Fsp3) is 0.550. The Hall–Kier alpha value is -1.21. The van der Waals surface area contributed by atoms with Crippen molar-refractivity contribution in [2.45, 2.75) is 42.0 Å². The third-order valence-electron chi connectivity index (χ3n) is 6.45. The van der Waals surface area contributed by atoms with E-state index in [1.54, 1.807) is 6.92 Å². The molecule has 2 bridgehead atoms. The first-order chi connectivity index (χ1) is 12.8. The molecule has 1 aromatic rings. The molecule has 3 amide bonds. The molecule has 0 radical (unpaired) electrons. The van der Waals surface area contributed by atoms with Crippen molar-refractivity contribution in [1.29, 1.82) is 0 Å². The molecule has 2 saturated carbocycles. The van der Waals surface area contributed by atoms with E-state index in [4.69, 9.17) is 0 Å². The third kappa shape index (κ3) is 2.89. The van der Waals surface area contributed by atoms with Gasteiger partial charge >= 0.3 is 0 Å². The number of benzene rings is 1. The number of halogens is 2. The molecule has 1 aromatic carbocycles. The highest BCUT2D eigenvalue weighted by Crippen LogP contribution is 2.60. The number of hydrogen-bond acceptors (Lipinski definition) is 3. The second-order valence-corrected chi connectivity index (χ2v) is 9.98. The summed E-state index contributed by atoms with van der Waals surface area (Å²) in [5, 5.41) is 2.93. The maximum Gasteiger partial charge on any atom is 0.243 e. The summed E-state index contributed by atoms with van der Waals surface area (Å²) in [6, 6.07) is 8.64. The summed E-state index contributed by atoms with van der Waals surface area (Å²) in [6.45, 7) is 3.54. The lowest BCUT2D eigenvalue weighted by molar-refractivity contribution is -0.148. The zero-order chi connectivity index (χ0) is 19.5. The molecule has 4 rings (SSSR count). The average molecular weight is 498 g/mol. The lowest BCUT2D eigenvalue weighted by atomic mass is 9.81. The van der Waals surface area contributed by atoms with Crippen LogP contribution in [0.3, 0.4) is 0 Å². The van der Waals surface area contributed by atoms with Crippen molar-refractivity contribution in [3.05, 3.63) is 35.9 Å². The van der Waals surface area contributed by atoms with Crippen molar-refractivity contribution in [1.82, 2.24) is 10.2 Å². The molecule has 27 heavy (non-hydrogen) atoms. The smallest absolute Gasteiger partial charge is 0.243 e. The van der Waals surface area contributed by atoms with Crippen LogP contribution >= 0.6 is 31.9 Å². The van der Waals surface area contributed by atoms with Gasteiger partial charge in [-0.2, -0.15) is 0 Å². The Morgan fingerprint density at radius 2 is 1.56 bits per heavy atom. The van der Waals surface area contributed by atoms with Gasteiger partial charge in [-0.05, 0) is 37.7 Å². The first-order valence-electron chi connectivity index (χ1n) is 9.33. The Balaban J connectivity index is 1.49. The predicted octanol–water partition coefficient (Wildman–Crippen LogP) is 3.03. The van der Waals surface area contributed by atoms with Crippen LogP contribution in [-0.4, -0.2) is 38.3 Å². The van der Waals surface area contributed by atoms with Gasteiger partial charge in [0.1, 0.15) is 6.04 Å². The summed E-state index contributed by atoms with van der Waals surface area (Å²) in [5.74, 6) is -0.933. The van der Waals surface area contributed by atoms with E-state index in [0.717, 1.165) is 12.0 Å². The predicted molar refractivity (Wildman–Crippen MR) is 108 cm³/mol. The topological polar surface area (TPSA) is 66.5 Å². The van der Waals surface area contributed by atoms with Crippen LogP contribution in [-0.2, 0) is 14.4 Å². The molecule has 1 N–H and O–H groups in total. The van der Waals surface area contributed by atoms with Crippen LogP contribution < -0.4 is 5.32 Å². The van der Waals surface area contributed by atoms with Gasteiger partial charge < -0.3 is 5.32 Å². The molecule has 2 aliphatic carbocycles. The van der Waals surface area contributed by atoms with Crippen LogP contribution in [0.15, 0.2) is 30.3 Å². The van der Waals surface area contributed by atoms with E-state index in [9.17, 15) is 14.4 Å². The number of carbonyl (C=O) groups is 3. The van der Waals surface area contributed by atoms with E-state index >= 15 is 0 Å². The van der Waals surface area contributed by atoms with Gasteiger partial charge in [0.25, 0.3) is 0 Å². The molecule has 8 atom stereocenters. The minimum absolute atomic E-state index is 0.157. The van der Waals surface area contributed by atoms with Crippen LogP contribution in [0.4, 0.5) is 0 Å². The monoisotopic (exact) mass is 496 g/mol. The quantitative estimate of drug-likeness (QED) is 0.513. The molecule has 144 valence electrons. The van der Waals surface area contributed by atoms with Gasteiger partial charge in [-0.3, -0.25) is 19.3 Å². The van der Waals surface area contributed by atoms with Crippen LogP contribution in [0.5, 0.6) is 0 Å². The van der Waals surface area contributed by atoms with Crippen LogP contribution in [0, 0.1) is 23.7 Å².